The minimum absolute atomic E-state index is 0.0305. The average molecular weight is 529 g/mol. The van der Waals surface area contributed by atoms with Gasteiger partial charge in [0.15, 0.2) is 11.4 Å². The summed E-state index contributed by atoms with van der Waals surface area (Å²) in [5.41, 5.74) is 3.28. The van der Waals surface area contributed by atoms with Gasteiger partial charge in [-0.1, -0.05) is 35.4 Å². The summed E-state index contributed by atoms with van der Waals surface area (Å²) in [7, 11) is 0. The monoisotopic (exact) mass is 528 g/mol. The fourth-order valence-corrected chi connectivity index (χ4v) is 3.60. The zero-order chi connectivity index (χ0) is 27.8. The molecule has 39 heavy (non-hydrogen) atoms. The van der Waals surface area contributed by atoms with Gasteiger partial charge in [-0.25, -0.2) is 9.97 Å². The van der Waals surface area contributed by atoms with Crippen molar-refractivity contribution in [1.82, 2.24) is 30.6 Å². The summed E-state index contributed by atoms with van der Waals surface area (Å²) >= 11 is 0. The standard InChI is InChI=1S/C27H28N8O4/c1-16-4-8-18(9-5-16)34-26(38)22-20(30-14-32-22)24(36)28-12-3-13-29-25(37)21-23(33-15-31-21)27(39)35-19-10-6-17(2)7-11-19/h4-11,14-15H,3,12-13H2,1-2H3,(H,28,36)(H,29,37)(H,30,32)(H,31,33)(H,34,38)(H,35,39). The lowest BCUT2D eigenvalue weighted by Crippen LogP contribution is -2.32. The molecule has 0 saturated carbocycles. The van der Waals surface area contributed by atoms with Gasteiger partial charge in [0.1, 0.15) is 11.4 Å². The van der Waals surface area contributed by atoms with Crippen molar-refractivity contribution in [2.24, 2.45) is 0 Å². The molecule has 0 radical (unpaired) electrons. The highest BCUT2D eigenvalue weighted by Crippen LogP contribution is 2.13. The highest BCUT2D eigenvalue weighted by molar-refractivity contribution is 6.10. The number of amides is 4. The molecule has 2 aromatic carbocycles. The van der Waals surface area contributed by atoms with Crippen LogP contribution in [0.25, 0.3) is 0 Å². The molecule has 4 amide bonds. The molecule has 0 aliphatic heterocycles. The van der Waals surface area contributed by atoms with Crippen LogP contribution in [0.15, 0.2) is 61.2 Å². The molecular formula is C27H28N8O4. The topological polar surface area (TPSA) is 174 Å². The summed E-state index contributed by atoms with van der Waals surface area (Å²) in [6.07, 6.45) is 2.95. The van der Waals surface area contributed by atoms with Gasteiger partial charge in [-0.2, -0.15) is 0 Å². The number of hydrogen-bond donors (Lipinski definition) is 6. The summed E-state index contributed by atoms with van der Waals surface area (Å²) < 4.78 is 0. The Morgan fingerprint density at radius 3 is 1.38 bits per heavy atom. The molecule has 6 N–H and O–H groups in total. The molecule has 12 heteroatoms. The first-order valence-corrected chi connectivity index (χ1v) is 12.2. The van der Waals surface area contributed by atoms with E-state index in [0.717, 1.165) is 11.1 Å². The van der Waals surface area contributed by atoms with Gasteiger partial charge >= 0.3 is 0 Å². The van der Waals surface area contributed by atoms with Crippen LogP contribution in [-0.2, 0) is 0 Å². The van der Waals surface area contributed by atoms with E-state index < -0.39 is 23.6 Å². The molecule has 0 bridgehead atoms. The normalized spacial score (nSPS) is 10.5. The van der Waals surface area contributed by atoms with E-state index in [1.165, 1.54) is 12.7 Å². The van der Waals surface area contributed by atoms with Crippen molar-refractivity contribution in [3.63, 3.8) is 0 Å². The van der Waals surface area contributed by atoms with Crippen molar-refractivity contribution in [1.29, 1.82) is 0 Å². The van der Waals surface area contributed by atoms with Crippen molar-refractivity contribution in [3.8, 4) is 0 Å². The van der Waals surface area contributed by atoms with Gasteiger partial charge in [0, 0.05) is 24.5 Å². The van der Waals surface area contributed by atoms with Gasteiger partial charge < -0.3 is 31.2 Å². The Hall–Kier alpha value is -5.26. The maximum absolute atomic E-state index is 12.6. The van der Waals surface area contributed by atoms with E-state index in [1.54, 1.807) is 24.3 Å². The number of aromatic amines is 2. The molecular weight excluding hydrogens is 500 g/mol. The molecule has 0 aliphatic rings. The number of aromatic nitrogens is 4. The van der Waals surface area contributed by atoms with Crippen LogP contribution in [0.4, 0.5) is 11.4 Å². The zero-order valence-corrected chi connectivity index (χ0v) is 21.4. The quantitative estimate of drug-likeness (QED) is 0.173. The minimum Gasteiger partial charge on any atom is -0.351 e. The van der Waals surface area contributed by atoms with E-state index in [9.17, 15) is 19.2 Å². The number of aryl methyl sites for hydroxylation is 2. The molecule has 0 atom stereocenters. The van der Waals surface area contributed by atoms with Crippen molar-refractivity contribution < 1.29 is 19.2 Å². The molecule has 0 unspecified atom stereocenters. The summed E-state index contributed by atoms with van der Waals surface area (Å²) in [5, 5.41) is 10.8. The van der Waals surface area contributed by atoms with Crippen LogP contribution >= 0.6 is 0 Å². The van der Waals surface area contributed by atoms with Crippen LogP contribution in [-0.4, -0.2) is 56.7 Å². The lowest BCUT2D eigenvalue weighted by Gasteiger charge is -2.08. The van der Waals surface area contributed by atoms with Gasteiger partial charge in [-0.3, -0.25) is 19.2 Å². The molecule has 0 spiro atoms. The maximum Gasteiger partial charge on any atom is 0.276 e. The third-order valence-electron chi connectivity index (χ3n) is 5.71. The van der Waals surface area contributed by atoms with Crippen molar-refractivity contribution in [3.05, 3.63) is 95.1 Å². The fraction of sp³-hybridized carbons (Fsp3) is 0.185. The predicted octanol–water partition coefficient (Wildman–Crippen LogP) is 2.80. The SMILES string of the molecule is Cc1ccc(NC(=O)c2nc[nH]c2C(=O)NCCCNC(=O)c2[nH]cnc2C(=O)Nc2ccc(C)cc2)cc1. The zero-order valence-electron chi connectivity index (χ0n) is 21.4. The number of carbonyl (C=O) groups is 4. The molecule has 2 heterocycles. The molecule has 4 rings (SSSR count). The van der Waals surface area contributed by atoms with Crippen molar-refractivity contribution in [2.45, 2.75) is 20.3 Å². The number of imidazole rings is 2. The minimum atomic E-state index is -0.515. The number of nitrogens with one attached hydrogen (secondary N) is 6. The summed E-state index contributed by atoms with van der Waals surface area (Å²) in [5.74, 6) is -2.04. The molecule has 0 saturated heterocycles. The second-order valence-electron chi connectivity index (χ2n) is 8.76. The molecule has 200 valence electrons. The summed E-state index contributed by atoms with van der Waals surface area (Å²) in [4.78, 5) is 63.7. The van der Waals surface area contributed by atoms with E-state index in [4.69, 9.17) is 0 Å². The molecule has 2 aromatic heterocycles. The van der Waals surface area contributed by atoms with Gasteiger partial charge in [-0.15, -0.1) is 0 Å². The Morgan fingerprint density at radius 2 is 1.00 bits per heavy atom. The van der Waals surface area contributed by atoms with Gasteiger partial charge in [0.05, 0.1) is 12.7 Å². The number of anilines is 2. The van der Waals surface area contributed by atoms with E-state index in [0.29, 0.717) is 17.8 Å². The third-order valence-corrected chi connectivity index (χ3v) is 5.71. The van der Waals surface area contributed by atoms with Crippen LogP contribution in [0.2, 0.25) is 0 Å². The largest absolute Gasteiger partial charge is 0.351 e. The second kappa shape index (κ2) is 12.3. The highest BCUT2D eigenvalue weighted by atomic mass is 16.2. The van der Waals surface area contributed by atoms with Crippen LogP contribution < -0.4 is 21.3 Å². The second-order valence-corrected chi connectivity index (χ2v) is 8.76. The number of rotatable bonds is 10. The first-order valence-electron chi connectivity index (χ1n) is 12.2. The Balaban J connectivity index is 1.23. The fourth-order valence-electron chi connectivity index (χ4n) is 3.60. The first-order chi connectivity index (χ1) is 18.8. The van der Waals surface area contributed by atoms with E-state index >= 15 is 0 Å². The number of carbonyl (C=O) groups excluding carboxylic acids is 4. The molecule has 12 nitrogen and oxygen atoms in total. The predicted molar refractivity (Wildman–Crippen MR) is 145 cm³/mol. The van der Waals surface area contributed by atoms with E-state index in [-0.39, 0.29) is 35.9 Å². The Kier molecular flexibility index (Phi) is 8.46. The van der Waals surface area contributed by atoms with Gasteiger partial charge in [-0.05, 0) is 44.5 Å². The Morgan fingerprint density at radius 1 is 0.615 bits per heavy atom. The molecule has 0 fully saturated rings. The molecule has 4 aromatic rings. The summed E-state index contributed by atoms with van der Waals surface area (Å²) in [6, 6.07) is 14.5. The van der Waals surface area contributed by atoms with Crippen LogP contribution in [0.5, 0.6) is 0 Å². The lowest BCUT2D eigenvalue weighted by atomic mass is 10.2. The lowest BCUT2D eigenvalue weighted by molar-refractivity contribution is 0.0929. The van der Waals surface area contributed by atoms with Crippen LogP contribution in [0.1, 0.15) is 59.5 Å². The number of benzene rings is 2. The van der Waals surface area contributed by atoms with E-state index in [2.05, 4.69) is 41.2 Å². The number of H-pyrrole nitrogens is 2. The maximum atomic E-state index is 12.6. The number of hydrogen-bond acceptors (Lipinski definition) is 6. The third kappa shape index (κ3) is 6.95. The van der Waals surface area contributed by atoms with Crippen LogP contribution in [0.3, 0.4) is 0 Å². The molecule has 0 aliphatic carbocycles. The smallest absolute Gasteiger partial charge is 0.276 e. The summed E-state index contributed by atoms with van der Waals surface area (Å²) in [6.45, 7) is 4.32. The highest BCUT2D eigenvalue weighted by Gasteiger charge is 2.22. The van der Waals surface area contributed by atoms with Crippen LogP contribution in [0, 0.1) is 13.8 Å². The number of nitrogens with zero attached hydrogens (tertiary/aromatic N) is 2. The Bertz CT molecular complexity index is 1360. The Labute approximate surface area is 224 Å². The van der Waals surface area contributed by atoms with Crippen molar-refractivity contribution >= 4 is 35.0 Å². The van der Waals surface area contributed by atoms with Gasteiger partial charge in [0.25, 0.3) is 23.6 Å². The average Bonchev–Trinajstić information content (AvgIpc) is 3.61. The first kappa shape index (κ1) is 26.8. The van der Waals surface area contributed by atoms with Gasteiger partial charge in [0.2, 0.25) is 0 Å². The van der Waals surface area contributed by atoms with E-state index in [1.807, 2.05) is 38.1 Å². The van der Waals surface area contributed by atoms with Crippen molar-refractivity contribution in [2.75, 3.05) is 23.7 Å².